The molecule has 1 atom stereocenters. The molecule has 1 aliphatic carbocycles. The molecule has 0 radical (unpaired) electrons. The van der Waals surface area contributed by atoms with Crippen molar-refractivity contribution in [1.29, 1.82) is 0 Å². The highest BCUT2D eigenvalue weighted by Crippen LogP contribution is 2.38. The molecular weight excluding hydrogens is 204 g/mol. The van der Waals surface area contributed by atoms with Gasteiger partial charge < -0.3 is 14.7 Å². The molecule has 16 heavy (non-hydrogen) atoms. The van der Waals surface area contributed by atoms with E-state index in [0.29, 0.717) is 18.0 Å². The molecule has 1 saturated carbocycles. The van der Waals surface area contributed by atoms with Crippen LogP contribution in [0, 0.1) is 0 Å². The third-order valence-electron chi connectivity index (χ3n) is 3.36. The summed E-state index contributed by atoms with van der Waals surface area (Å²) in [5.74, 6) is 1.46. The Morgan fingerprint density at radius 1 is 1.44 bits per heavy atom. The van der Waals surface area contributed by atoms with Gasteiger partial charge in [0.1, 0.15) is 0 Å². The Morgan fingerprint density at radius 2 is 2.31 bits per heavy atom. The van der Waals surface area contributed by atoms with Gasteiger partial charge in [0.2, 0.25) is 0 Å². The van der Waals surface area contributed by atoms with Crippen LogP contribution in [0.25, 0.3) is 0 Å². The smallest absolute Gasteiger partial charge is 0.323 e. The van der Waals surface area contributed by atoms with Gasteiger partial charge in [0, 0.05) is 25.6 Å². The number of anilines is 1. The van der Waals surface area contributed by atoms with E-state index in [1.54, 1.807) is 0 Å². The molecule has 1 aliphatic heterocycles. The Balaban J connectivity index is 1.61. The summed E-state index contributed by atoms with van der Waals surface area (Å²) in [5, 5.41) is 7.49. The maximum Gasteiger partial charge on any atom is 0.323 e. The van der Waals surface area contributed by atoms with E-state index in [9.17, 15) is 0 Å². The van der Waals surface area contributed by atoms with E-state index in [1.807, 2.05) is 7.05 Å². The Kier molecular flexibility index (Phi) is 2.55. The normalized spacial score (nSPS) is 24.9. The van der Waals surface area contributed by atoms with Crippen LogP contribution in [0.4, 0.5) is 6.01 Å². The van der Waals surface area contributed by atoms with Crippen molar-refractivity contribution >= 4 is 6.01 Å². The van der Waals surface area contributed by atoms with Gasteiger partial charge in [-0.3, -0.25) is 0 Å². The van der Waals surface area contributed by atoms with E-state index in [4.69, 9.17) is 4.52 Å². The quantitative estimate of drug-likeness (QED) is 0.827. The summed E-state index contributed by atoms with van der Waals surface area (Å²) >= 11 is 0. The number of hydrogen-bond donors (Lipinski definition) is 1. The van der Waals surface area contributed by atoms with Crippen LogP contribution in [-0.4, -0.2) is 36.3 Å². The lowest BCUT2D eigenvalue weighted by Gasteiger charge is -2.18. The molecule has 5 nitrogen and oxygen atoms in total. The molecule has 0 amide bonds. The topological polar surface area (TPSA) is 54.2 Å². The largest absolute Gasteiger partial charge is 0.326 e. The van der Waals surface area contributed by atoms with Crippen molar-refractivity contribution in [2.45, 2.75) is 37.6 Å². The van der Waals surface area contributed by atoms with Crippen molar-refractivity contribution in [3.8, 4) is 0 Å². The van der Waals surface area contributed by atoms with Crippen LogP contribution in [0.2, 0.25) is 0 Å². The molecule has 5 heteroatoms. The lowest BCUT2D eigenvalue weighted by Crippen LogP contribution is -2.35. The van der Waals surface area contributed by atoms with Crippen LogP contribution in [0.15, 0.2) is 4.52 Å². The first-order chi connectivity index (χ1) is 7.83. The van der Waals surface area contributed by atoms with Gasteiger partial charge in [-0.1, -0.05) is 5.16 Å². The zero-order chi connectivity index (χ0) is 11.0. The number of nitrogens with one attached hydrogen (secondary N) is 1. The fourth-order valence-corrected chi connectivity index (χ4v) is 2.21. The van der Waals surface area contributed by atoms with Crippen molar-refractivity contribution < 1.29 is 4.52 Å². The van der Waals surface area contributed by atoms with E-state index >= 15 is 0 Å². The Labute approximate surface area is 95.2 Å². The summed E-state index contributed by atoms with van der Waals surface area (Å²) < 4.78 is 5.28. The van der Waals surface area contributed by atoms with Crippen molar-refractivity contribution in [2.24, 2.45) is 0 Å². The first kappa shape index (κ1) is 10.1. The summed E-state index contributed by atoms with van der Waals surface area (Å²) in [6.45, 7) is 2.09. The van der Waals surface area contributed by atoms with E-state index in [2.05, 4.69) is 20.4 Å². The number of aromatic nitrogens is 2. The van der Waals surface area contributed by atoms with Crippen LogP contribution in [0.5, 0.6) is 0 Å². The predicted octanol–water partition coefficient (Wildman–Crippen LogP) is 1.14. The van der Waals surface area contributed by atoms with Gasteiger partial charge in [0.25, 0.3) is 0 Å². The van der Waals surface area contributed by atoms with Gasteiger partial charge in [0.05, 0.1) is 0 Å². The van der Waals surface area contributed by atoms with Gasteiger partial charge in [-0.15, -0.1) is 0 Å². The van der Waals surface area contributed by atoms with Gasteiger partial charge in [-0.05, 0) is 32.2 Å². The zero-order valence-electron chi connectivity index (χ0n) is 9.65. The highest BCUT2D eigenvalue weighted by Gasteiger charge is 2.29. The second-order valence-corrected chi connectivity index (χ2v) is 4.88. The minimum atomic E-state index is 0.565. The summed E-state index contributed by atoms with van der Waals surface area (Å²) in [6.07, 6.45) is 4.95. The van der Waals surface area contributed by atoms with Gasteiger partial charge in [0.15, 0.2) is 5.82 Å². The summed E-state index contributed by atoms with van der Waals surface area (Å²) in [5.41, 5.74) is 0. The molecule has 0 bridgehead atoms. The molecule has 2 aliphatic rings. The van der Waals surface area contributed by atoms with E-state index < -0.39 is 0 Å². The zero-order valence-corrected chi connectivity index (χ0v) is 9.65. The SMILES string of the molecule is CN(CC1CCCN1)c1nc(C2CC2)no1. The highest BCUT2D eigenvalue weighted by atomic mass is 16.5. The number of rotatable bonds is 4. The fourth-order valence-electron chi connectivity index (χ4n) is 2.21. The molecule has 2 heterocycles. The number of hydrogen-bond acceptors (Lipinski definition) is 5. The monoisotopic (exact) mass is 222 g/mol. The third-order valence-corrected chi connectivity index (χ3v) is 3.36. The molecular formula is C11H18N4O. The number of likely N-dealkylation sites (N-methyl/N-ethyl adjacent to an activating group) is 1. The fraction of sp³-hybridized carbons (Fsp3) is 0.818. The van der Waals surface area contributed by atoms with Crippen molar-refractivity contribution in [1.82, 2.24) is 15.5 Å². The molecule has 1 N–H and O–H groups in total. The van der Waals surface area contributed by atoms with Crippen molar-refractivity contribution in [3.63, 3.8) is 0 Å². The minimum Gasteiger partial charge on any atom is -0.326 e. The Hall–Kier alpha value is -1.10. The maximum atomic E-state index is 5.28. The van der Waals surface area contributed by atoms with Crippen LogP contribution >= 0.6 is 0 Å². The average Bonchev–Trinajstić information content (AvgIpc) is 2.82. The van der Waals surface area contributed by atoms with Gasteiger partial charge in [-0.2, -0.15) is 4.98 Å². The predicted molar refractivity (Wildman–Crippen MR) is 60.6 cm³/mol. The molecule has 1 aromatic heterocycles. The van der Waals surface area contributed by atoms with Crippen LogP contribution < -0.4 is 10.2 Å². The Bertz CT molecular complexity index is 355. The van der Waals surface area contributed by atoms with E-state index in [1.165, 1.54) is 25.7 Å². The lowest BCUT2D eigenvalue weighted by molar-refractivity contribution is 0.406. The van der Waals surface area contributed by atoms with E-state index in [0.717, 1.165) is 18.9 Å². The lowest BCUT2D eigenvalue weighted by atomic mass is 10.2. The molecule has 1 saturated heterocycles. The first-order valence-electron chi connectivity index (χ1n) is 6.11. The summed E-state index contributed by atoms with van der Waals surface area (Å²) in [6, 6.07) is 1.23. The number of nitrogens with zero attached hydrogens (tertiary/aromatic N) is 3. The van der Waals surface area contributed by atoms with Crippen LogP contribution in [0.1, 0.15) is 37.4 Å². The van der Waals surface area contributed by atoms with Gasteiger partial charge in [-0.25, -0.2) is 0 Å². The molecule has 1 aromatic rings. The van der Waals surface area contributed by atoms with Crippen LogP contribution in [-0.2, 0) is 0 Å². The van der Waals surface area contributed by atoms with Gasteiger partial charge >= 0.3 is 6.01 Å². The molecule has 3 rings (SSSR count). The second-order valence-electron chi connectivity index (χ2n) is 4.88. The maximum absolute atomic E-state index is 5.28. The average molecular weight is 222 g/mol. The first-order valence-corrected chi connectivity index (χ1v) is 6.11. The molecule has 0 aromatic carbocycles. The molecule has 1 unspecified atom stereocenters. The molecule has 88 valence electrons. The minimum absolute atomic E-state index is 0.565. The highest BCUT2D eigenvalue weighted by molar-refractivity contribution is 5.25. The second kappa shape index (κ2) is 4.05. The molecule has 2 fully saturated rings. The molecule has 0 spiro atoms. The summed E-state index contributed by atoms with van der Waals surface area (Å²) in [7, 11) is 2.02. The Morgan fingerprint density at radius 3 is 3.00 bits per heavy atom. The van der Waals surface area contributed by atoms with Crippen LogP contribution in [0.3, 0.4) is 0 Å². The van der Waals surface area contributed by atoms with Crippen molar-refractivity contribution in [3.05, 3.63) is 5.82 Å². The standard InChI is InChI=1S/C11H18N4O/c1-15(7-9-3-2-6-12-9)11-13-10(14-16-11)8-4-5-8/h8-9,12H,2-7H2,1H3. The van der Waals surface area contributed by atoms with Crippen molar-refractivity contribution in [2.75, 3.05) is 25.0 Å². The van der Waals surface area contributed by atoms with E-state index in [-0.39, 0.29) is 0 Å². The third kappa shape index (κ3) is 2.04. The summed E-state index contributed by atoms with van der Waals surface area (Å²) in [4.78, 5) is 6.49.